The zero-order valence-corrected chi connectivity index (χ0v) is 44.5. The third kappa shape index (κ3) is 17.8. The summed E-state index contributed by atoms with van der Waals surface area (Å²) >= 11 is 0. The third-order valence-corrected chi connectivity index (χ3v) is 14.2. The van der Waals surface area contributed by atoms with Crippen molar-refractivity contribution in [3.8, 4) is 0 Å². The third-order valence-electron chi connectivity index (χ3n) is 13.8. The molecule has 0 aromatic heterocycles. The number of hydrogen-bond donors (Lipinski definition) is 18. The number of rotatable bonds is 24. The largest absolute Gasteiger partial charge is 0.790 e. The van der Waals surface area contributed by atoms with Crippen LogP contribution >= 0.6 is 16.5 Å². The van der Waals surface area contributed by atoms with Gasteiger partial charge in [-0.25, -0.2) is 0 Å². The van der Waals surface area contributed by atoms with Gasteiger partial charge in [-0.2, -0.15) is 0 Å². The van der Waals surface area contributed by atoms with Crippen LogP contribution in [0.2, 0.25) is 0 Å². The highest BCUT2D eigenvalue weighted by atomic mass is 31.2. The molecule has 18 N–H and O–H groups in total. The molecule has 6 fully saturated rings. The van der Waals surface area contributed by atoms with E-state index in [4.69, 9.17) is 66.3 Å². The number of phosphoric ester groups is 1. The van der Waals surface area contributed by atoms with Crippen molar-refractivity contribution < 1.29 is 187 Å². The van der Waals surface area contributed by atoms with E-state index in [9.17, 15) is 111 Å². The highest BCUT2D eigenvalue weighted by Crippen LogP contribution is 2.36. The SMILES string of the molecule is CNC(=O)CCCO[C@@H]1OC(CO[C@H]2OC(CO[C@H]3OC(CO)[C@@H](O)[C@H](O)C3O[C@H]3OC(CO[O-])[C@@H](O)[C@H](O)C3O)[C@@H](O)[C@H](O)C2O)[C@@H](O)[C@H](O[C@H]2OC(CO)[C@@H](O)[C@H](O)C2O[C@H]2OC(COP(=O)([O-])[O-])[C@@H](O)[C@H](O)C2O)C1O.O=P[O-]. The number of phosphoric acid groups is 1. The molecule has 0 aliphatic carbocycles. The zero-order chi connectivity index (χ0) is 61.1. The highest BCUT2D eigenvalue weighted by molar-refractivity contribution is 7.43. The van der Waals surface area contributed by atoms with Gasteiger partial charge in [-0.15, -0.1) is 0 Å². The molecule has 82 heavy (non-hydrogen) atoms. The molecule has 0 radical (unpaired) electrons. The van der Waals surface area contributed by atoms with E-state index < -0.39 is 246 Å². The summed E-state index contributed by atoms with van der Waals surface area (Å²) in [7, 11) is -5.43. The molecule has 0 bridgehead atoms. The zero-order valence-electron chi connectivity index (χ0n) is 42.8. The fourth-order valence-electron chi connectivity index (χ4n) is 9.14. The average Bonchev–Trinajstić information content (AvgIpc) is 3.50. The lowest BCUT2D eigenvalue weighted by atomic mass is 9.96. The van der Waals surface area contributed by atoms with Crippen LogP contribution in [0.25, 0.3) is 0 Å². The van der Waals surface area contributed by atoms with Crippen molar-refractivity contribution in [2.24, 2.45) is 0 Å². The molecule has 6 aliphatic heterocycles. The maximum Gasteiger partial charge on any atom is 0.219 e. The Kier molecular flexibility index (Phi) is 28.3. The Bertz CT molecular complexity index is 1960. The smallest absolute Gasteiger partial charge is 0.219 e. The number of hydrogen-bond acceptors (Lipinski definition) is 38. The van der Waals surface area contributed by atoms with Gasteiger partial charge in [-0.3, -0.25) is 9.36 Å². The second kappa shape index (κ2) is 32.6. The van der Waals surface area contributed by atoms with Crippen LogP contribution in [0.15, 0.2) is 0 Å². The summed E-state index contributed by atoms with van der Waals surface area (Å²) in [5.74, 6) is -0.412. The standard InChI is InChI=1S/C41H72NO36P.HO2P/c1-42-17(45)3-2-4-65-37-32(60)33(76-41-35(28(56)19(47)12(6-44)71-41)78-39-31(59)26(54)22(50)16(75-39)10-69-79(62,63)64)23(51)14(73-37)8-66-36-29(57)24(52)20(48)13(72-36)7-67-40-34(27(55)18(46)11(5-43)70-40)77-38-30(58)25(53)21(49)15(74-38)9-68-61;1-3-2/h11-16,18-41,43-44,46-61H,2-10H2,1H3,(H,42,45)(H2,62,63,64);(H,1,2)/p-4/t11?,12?,13?,14?,15?,16?,18-,19-,20-,21-,22-,23-,24+,25+,26+,27+,28+,29?,30?,31?,32?,33+,34?,35?,36+,37-,38-,39-,40+,41-;/m1./s1. The molecule has 6 heterocycles. The molecule has 0 saturated carbocycles. The van der Waals surface area contributed by atoms with Crippen LogP contribution in [0.5, 0.6) is 0 Å². The Hall–Kier alpha value is -1.60. The summed E-state index contributed by atoms with van der Waals surface area (Å²) in [6, 6.07) is 0. The van der Waals surface area contributed by atoms with Gasteiger partial charge in [0.1, 0.15) is 146 Å². The Balaban J connectivity index is 0.00000402. The van der Waals surface area contributed by atoms with E-state index in [2.05, 4.69) is 14.7 Å². The minimum absolute atomic E-state index is 0.00957. The molecule has 0 spiro atoms. The number of aliphatic hydroxyl groups is 17. The first-order chi connectivity index (χ1) is 38.7. The van der Waals surface area contributed by atoms with Crippen LogP contribution in [0.1, 0.15) is 12.8 Å². The number of carbonyl (C=O) groups excluding carboxylic acids is 1. The fraction of sp³-hybridized carbons (Fsp3) is 0.976. The minimum Gasteiger partial charge on any atom is -0.790 e. The molecule has 41 heteroatoms. The molecular weight excluding hydrogens is 1180 g/mol. The summed E-state index contributed by atoms with van der Waals surface area (Å²) in [4.78, 5) is 46.3. The van der Waals surface area contributed by atoms with Gasteiger partial charge < -0.3 is 183 Å². The normalized spacial score (nSPS) is 45.7. The highest BCUT2D eigenvalue weighted by Gasteiger charge is 2.56. The van der Waals surface area contributed by atoms with Gasteiger partial charge in [0.2, 0.25) is 5.91 Å². The Morgan fingerprint density at radius 1 is 0.476 bits per heavy atom. The number of aliphatic hydroxyl groups excluding tert-OH is 17. The van der Waals surface area contributed by atoms with Gasteiger partial charge in [0.25, 0.3) is 0 Å². The van der Waals surface area contributed by atoms with E-state index in [1.165, 1.54) is 7.05 Å². The first-order valence-corrected chi connectivity index (χ1v) is 27.1. The Morgan fingerprint density at radius 2 is 0.841 bits per heavy atom. The molecule has 1 amide bonds. The van der Waals surface area contributed by atoms with E-state index in [1.807, 2.05) is 0 Å². The minimum atomic E-state index is -5.71. The number of amides is 1. The maximum absolute atomic E-state index is 11.9. The molecule has 6 rings (SSSR count). The van der Waals surface area contributed by atoms with Crippen molar-refractivity contribution in [1.82, 2.24) is 5.32 Å². The van der Waals surface area contributed by atoms with E-state index >= 15 is 0 Å². The molecule has 0 aromatic carbocycles. The van der Waals surface area contributed by atoms with Crippen molar-refractivity contribution >= 4 is 22.4 Å². The lowest BCUT2D eigenvalue weighted by molar-refractivity contribution is -0.692. The quantitative estimate of drug-likeness (QED) is 0.0185. The summed E-state index contributed by atoms with van der Waals surface area (Å²) in [6.45, 7) is -6.19. The predicted octanol–water partition coefficient (Wildman–Crippen LogP) is -15.8. The van der Waals surface area contributed by atoms with Crippen LogP contribution in [-0.2, 0) is 80.2 Å². The topological polar surface area (TPSA) is 629 Å². The predicted molar refractivity (Wildman–Crippen MR) is 239 cm³/mol. The lowest BCUT2D eigenvalue weighted by Gasteiger charge is -2.49. The average molecular weight is 1250 g/mol. The summed E-state index contributed by atoms with van der Waals surface area (Å²) in [5, 5.41) is 196. The first kappa shape index (κ1) is 71.2. The van der Waals surface area contributed by atoms with Crippen LogP contribution in [0.4, 0.5) is 0 Å². The van der Waals surface area contributed by atoms with Crippen molar-refractivity contribution in [2.75, 3.05) is 53.3 Å². The Labute approximate surface area is 464 Å². The van der Waals surface area contributed by atoms with Crippen molar-refractivity contribution in [2.45, 2.75) is 197 Å². The number of carbonyl (C=O) groups is 1. The van der Waals surface area contributed by atoms with E-state index in [-0.39, 0.29) is 19.4 Å². The van der Waals surface area contributed by atoms with Crippen molar-refractivity contribution in [1.29, 1.82) is 0 Å². The van der Waals surface area contributed by atoms with Crippen LogP contribution in [-0.4, -0.2) is 330 Å². The Morgan fingerprint density at radius 3 is 1.30 bits per heavy atom. The second-order valence-corrected chi connectivity index (χ2v) is 20.5. The van der Waals surface area contributed by atoms with Gasteiger partial charge in [0, 0.05) is 13.5 Å². The van der Waals surface area contributed by atoms with Crippen LogP contribution in [0, 0.1) is 0 Å². The van der Waals surface area contributed by atoms with Crippen molar-refractivity contribution in [3.05, 3.63) is 0 Å². The number of ether oxygens (including phenoxy) is 12. The molecule has 0 aromatic rings. The number of nitrogens with one attached hydrogen (secondary N) is 1. The monoisotopic (exact) mass is 1250 g/mol. The molecule has 6 saturated heterocycles. The molecule has 480 valence electrons. The van der Waals surface area contributed by atoms with E-state index in [0.717, 1.165) is 0 Å². The van der Waals surface area contributed by atoms with Gasteiger partial charge in [-0.05, 0) is 6.42 Å². The summed E-state index contributed by atoms with van der Waals surface area (Å²) < 4.78 is 91.4. The van der Waals surface area contributed by atoms with Crippen LogP contribution in [0.3, 0.4) is 0 Å². The maximum atomic E-state index is 11.9. The fourth-order valence-corrected chi connectivity index (χ4v) is 9.47. The molecule has 6 aliphatic rings. The molecule has 12 unspecified atom stereocenters. The van der Waals surface area contributed by atoms with Crippen LogP contribution < -0.4 is 25.3 Å². The van der Waals surface area contributed by atoms with Gasteiger partial charge in [0.15, 0.2) is 37.7 Å². The second-order valence-electron chi connectivity index (χ2n) is 19.2. The van der Waals surface area contributed by atoms with Crippen molar-refractivity contribution in [3.63, 3.8) is 0 Å². The molecule has 30 atom stereocenters. The van der Waals surface area contributed by atoms with Gasteiger partial charge in [-0.1, -0.05) is 0 Å². The first-order valence-electron chi connectivity index (χ1n) is 24.9. The van der Waals surface area contributed by atoms with Gasteiger partial charge in [0.05, 0.1) is 62.8 Å². The van der Waals surface area contributed by atoms with Gasteiger partial charge >= 0.3 is 0 Å². The summed E-state index contributed by atoms with van der Waals surface area (Å²) in [5.41, 5.74) is 0. The molecular formula is C41H69NO38P2-4. The summed E-state index contributed by atoms with van der Waals surface area (Å²) in [6.07, 6.45) is -59.9. The lowest BCUT2D eigenvalue weighted by Crippen LogP contribution is -2.67. The van der Waals surface area contributed by atoms with E-state index in [1.54, 1.807) is 0 Å². The molecule has 39 nitrogen and oxygen atoms in total. The van der Waals surface area contributed by atoms with E-state index in [0.29, 0.717) is 0 Å².